The van der Waals surface area contributed by atoms with Crippen molar-refractivity contribution in [2.24, 2.45) is 63.1 Å². The van der Waals surface area contributed by atoms with E-state index in [1.807, 2.05) is 28.4 Å². The van der Waals surface area contributed by atoms with Gasteiger partial charge in [0.05, 0.1) is 41.5 Å². The third-order valence-corrected chi connectivity index (χ3v) is 19.6. The van der Waals surface area contributed by atoms with Crippen LogP contribution in [0.4, 0.5) is 0 Å². The van der Waals surface area contributed by atoms with Crippen molar-refractivity contribution >= 4 is 78.6 Å². The average molecular weight is 1260 g/mol. The Balaban J connectivity index is 0.000000458. The number of carbonyl (C=O) groups excluding carboxylic acids is 6. The lowest BCUT2D eigenvalue weighted by Crippen LogP contribution is -2.41. The van der Waals surface area contributed by atoms with Gasteiger partial charge in [-0.15, -0.1) is 0 Å². The van der Waals surface area contributed by atoms with Crippen molar-refractivity contribution in [2.75, 3.05) is 105 Å². The molecule has 0 saturated carbocycles. The summed E-state index contributed by atoms with van der Waals surface area (Å²) in [7, 11) is -5.42. The standard InChI is InChI=1S/C7H14N2O.C5H12N2.C5H11NO2S.C5H11NO.C5H11NS.C4H6N2O2.3C4H8N2O.C4H9NO2S.C4H9NS/c1-6(10)9-4-2-7(8)3-5-9;6-5-1-3-7-4-2-5;6-5-1-3-9(7,8)4-2-5;2*6-5-1-3-7-4-2-5;5-2-1-3(7)6-4(2)8;2*5-3-1-4(7)6-2-3;5-3-1-2-6-4(3)7;5-4-1-2-8(6,7)3-4;5-4-1-2-6-3-4/h7H,2-5,8H2,1H3;5,7H,1-4,6H2;5H,1-4,6H2;2*5H,1-4,6H2;2H,1,5H2,(H,6,7,8);3*3H,1-2,5H2,(H,6,7);4H,1-3,5H2;4H,1-3,5H2/t;;;;;;3-;;3-;;/m......1.0../s1. The first-order valence-electron chi connectivity index (χ1n) is 29.1. The van der Waals surface area contributed by atoms with Crippen molar-refractivity contribution in [2.45, 2.75) is 176 Å². The fourth-order valence-corrected chi connectivity index (χ4v) is 13.6. The minimum absolute atomic E-state index is 0.0139. The van der Waals surface area contributed by atoms with Gasteiger partial charge in [-0.1, -0.05) is 0 Å². The molecule has 28 nitrogen and oxygen atoms in total. The Hall–Kier alpha value is -2.90. The fourth-order valence-electron chi connectivity index (χ4n) is 8.22. The molecule has 83 heavy (non-hydrogen) atoms. The second-order valence-corrected chi connectivity index (χ2v) is 29.0. The summed E-state index contributed by atoms with van der Waals surface area (Å²) >= 11 is 3.98. The smallest absolute Gasteiger partial charge is 0.243 e. The summed E-state index contributed by atoms with van der Waals surface area (Å²) in [5.41, 5.74) is 59.9. The number of ether oxygens (including phenoxy) is 1. The van der Waals surface area contributed by atoms with Crippen LogP contribution in [0, 0.1) is 0 Å². The molecule has 0 aromatic rings. The first-order valence-corrected chi connectivity index (χ1v) is 35.1. The number of hydrogen-bond acceptors (Lipinski definition) is 25. The second-order valence-electron chi connectivity index (χ2n) is 22.1. The molecule has 0 spiro atoms. The number of sulfone groups is 2. The molecule has 11 aliphatic rings. The number of nitrogens with one attached hydrogen (secondary N) is 5. The van der Waals surface area contributed by atoms with Crippen LogP contribution in [0.25, 0.3) is 0 Å². The van der Waals surface area contributed by atoms with Gasteiger partial charge >= 0.3 is 0 Å². The average Bonchev–Trinajstić information content (AvgIpc) is 4.35. The molecule has 6 amide bonds. The van der Waals surface area contributed by atoms with E-state index in [9.17, 15) is 45.6 Å². The van der Waals surface area contributed by atoms with E-state index < -0.39 is 25.7 Å². The highest BCUT2D eigenvalue weighted by molar-refractivity contribution is 7.99. The van der Waals surface area contributed by atoms with E-state index in [0.29, 0.717) is 75.4 Å². The van der Waals surface area contributed by atoms with Crippen LogP contribution in [0.3, 0.4) is 0 Å². The van der Waals surface area contributed by atoms with Gasteiger partial charge in [0.2, 0.25) is 35.4 Å². The predicted octanol–water partition coefficient (Wildman–Crippen LogP) is -5.42. The van der Waals surface area contributed by atoms with Gasteiger partial charge in [0.1, 0.15) is 9.84 Å². The van der Waals surface area contributed by atoms with Crippen LogP contribution in [0.2, 0.25) is 0 Å². The summed E-state index contributed by atoms with van der Waals surface area (Å²) < 4.78 is 47.7. The zero-order chi connectivity index (χ0) is 62.4. The van der Waals surface area contributed by atoms with Gasteiger partial charge in [-0.3, -0.25) is 34.1 Å². The number of carbonyl (C=O) groups is 6. The van der Waals surface area contributed by atoms with Gasteiger partial charge in [-0.25, -0.2) is 16.8 Å². The number of nitrogens with two attached hydrogens (primary N) is 11. The van der Waals surface area contributed by atoms with Crippen LogP contribution >= 0.6 is 23.5 Å². The summed E-state index contributed by atoms with van der Waals surface area (Å²) in [6, 6.07) is 1.53. The quantitative estimate of drug-likeness (QED) is 0.101. The summed E-state index contributed by atoms with van der Waals surface area (Å²) in [5, 5.41) is 13.1. The fraction of sp³-hybridized carbons (Fsp3) is 0.882. The van der Waals surface area contributed by atoms with E-state index in [0.717, 1.165) is 90.9 Å². The monoisotopic (exact) mass is 1260 g/mol. The molecule has 27 N–H and O–H groups in total. The lowest BCUT2D eigenvalue weighted by Gasteiger charge is -2.28. The number of rotatable bonds is 0. The molecule has 6 atom stereocenters. The Morgan fingerprint density at radius 2 is 0.928 bits per heavy atom. The number of amides is 6. The van der Waals surface area contributed by atoms with Gasteiger partial charge in [-0.2, -0.15) is 23.5 Å². The highest BCUT2D eigenvalue weighted by Crippen LogP contribution is 2.15. The van der Waals surface area contributed by atoms with E-state index in [1.165, 1.54) is 42.3 Å². The van der Waals surface area contributed by atoms with Crippen LogP contribution in [-0.4, -0.2) is 229 Å². The number of imide groups is 1. The number of nitrogens with zero attached hydrogens (tertiary/aromatic N) is 1. The van der Waals surface area contributed by atoms with Crippen LogP contribution in [0.5, 0.6) is 0 Å². The molecule has 11 heterocycles. The van der Waals surface area contributed by atoms with E-state index in [1.54, 1.807) is 6.92 Å². The molecule has 11 fully saturated rings. The molecular formula is C51H107N17O11S4. The molecule has 0 aromatic heterocycles. The molecule has 0 aromatic carbocycles. The third kappa shape index (κ3) is 42.6. The molecule has 4 unspecified atom stereocenters. The number of thioether (sulfide) groups is 2. The number of piperidine rings is 2. The Labute approximate surface area is 502 Å². The zero-order valence-corrected chi connectivity index (χ0v) is 52.4. The van der Waals surface area contributed by atoms with Crippen molar-refractivity contribution < 1.29 is 50.3 Å². The molecule has 0 aliphatic carbocycles. The maximum absolute atomic E-state index is 10.8. The summed E-state index contributed by atoms with van der Waals surface area (Å²) in [6.07, 6.45) is 13.8. The molecule has 32 heteroatoms. The molecule has 0 bridgehead atoms. The van der Waals surface area contributed by atoms with Gasteiger partial charge in [0, 0.05) is 126 Å². The molecule has 0 radical (unpaired) electrons. The Morgan fingerprint density at radius 3 is 1.14 bits per heavy atom. The minimum atomic E-state index is -2.72. The lowest BCUT2D eigenvalue weighted by atomic mass is 10.1. The molecule has 486 valence electrons. The van der Waals surface area contributed by atoms with Gasteiger partial charge < -0.3 is 94.0 Å². The summed E-state index contributed by atoms with van der Waals surface area (Å²) in [5.74, 6) is 5.73. The number of hydrogen-bond donors (Lipinski definition) is 16. The molecule has 11 saturated heterocycles. The highest BCUT2D eigenvalue weighted by atomic mass is 32.2. The van der Waals surface area contributed by atoms with Crippen molar-refractivity contribution in [3.05, 3.63) is 0 Å². The maximum Gasteiger partial charge on any atom is 0.243 e. The summed E-state index contributed by atoms with van der Waals surface area (Å²) in [4.78, 5) is 64.1. The van der Waals surface area contributed by atoms with Crippen molar-refractivity contribution in [1.82, 2.24) is 31.5 Å². The Bertz CT molecular complexity index is 1990. The summed E-state index contributed by atoms with van der Waals surface area (Å²) in [6.45, 7) is 9.30. The predicted molar refractivity (Wildman–Crippen MR) is 332 cm³/mol. The van der Waals surface area contributed by atoms with Crippen LogP contribution in [-0.2, 0) is 53.2 Å². The SMILES string of the molecule is CC(=O)N1CCC(N)CC1.NC1CC(=O)NC1=O.NC1CCNCC1.NC1CCOCC1.NC1CCS(=O)(=O)C1.NC1CCS(=O)(=O)CC1.NC1CCSC1.NC1CCSCC1.NC1CNC(=O)C1.N[C@H]1CCNC1=O.N[C@H]1CNC(=O)C1. The Morgan fingerprint density at radius 1 is 0.470 bits per heavy atom. The van der Waals surface area contributed by atoms with E-state index >= 15 is 0 Å². The second kappa shape index (κ2) is 44.5. The van der Waals surface area contributed by atoms with Gasteiger partial charge in [0.25, 0.3) is 0 Å². The topological polar surface area (TPSA) is 530 Å². The van der Waals surface area contributed by atoms with E-state index in [2.05, 4.69) is 26.6 Å². The largest absolute Gasteiger partial charge is 0.381 e. The van der Waals surface area contributed by atoms with Gasteiger partial charge in [-0.05, 0) is 114 Å². The number of likely N-dealkylation sites (tertiary alicyclic amines) is 1. The van der Waals surface area contributed by atoms with Crippen molar-refractivity contribution in [3.63, 3.8) is 0 Å². The molecule has 11 rings (SSSR count). The maximum atomic E-state index is 10.8. The molecule has 11 aliphatic heterocycles. The minimum Gasteiger partial charge on any atom is -0.381 e. The van der Waals surface area contributed by atoms with Crippen LogP contribution in [0.1, 0.15) is 110 Å². The third-order valence-electron chi connectivity index (χ3n) is 13.8. The van der Waals surface area contributed by atoms with Crippen LogP contribution in [0.15, 0.2) is 0 Å². The Kier molecular flexibility index (Phi) is 41.9. The van der Waals surface area contributed by atoms with E-state index in [4.69, 9.17) is 67.8 Å². The lowest BCUT2D eigenvalue weighted by molar-refractivity contribution is -0.130. The zero-order valence-electron chi connectivity index (χ0n) is 49.1. The first-order chi connectivity index (χ1) is 39.1. The van der Waals surface area contributed by atoms with Crippen LogP contribution < -0.4 is 89.7 Å². The normalized spacial score (nSPS) is 28.3. The van der Waals surface area contributed by atoms with Gasteiger partial charge in [0.15, 0.2) is 9.84 Å². The van der Waals surface area contributed by atoms with Crippen molar-refractivity contribution in [1.29, 1.82) is 0 Å². The highest BCUT2D eigenvalue weighted by Gasteiger charge is 2.27. The molecular weight excluding hydrogens is 1150 g/mol. The van der Waals surface area contributed by atoms with E-state index in [-0.39, 0.29) is 95.1 Å². The van der Waals surface area contributed by atoms with Crippen molar-refractivity contribution in [3.8, 4) is 0 Å². The first kappa shape index (κ1) is 78.1.